The van der Waals surface area contributed by atoms with Crippen LogP contribution in [-0.2, 0) is 10.0 Å². The second-order valence-electron chi connectivity index (χ2n) is 5.55. The molecule has 0 radical (unpaired) electrons. The van der Waals surface area contributed by atoms with Crippen LogP contribution in [0.3, 0.4) is 0 Å². The quantitative estimate of drug-likeness (QED) is 0.670. The number of methoxy groups -OCH3 is 2. The zero-order chi connectivity index (χ0) is 20.5. The Labute approximate surface area is 159 Å². The molecule has 0 saturated carbocycles. The number of hydrogen-bond donors (Lipinski definition) is 1. The van der Waals surface area contributed by atoms with Crippen molar-refractivity contribution in [2.24, 2.45) is 0 Å². The molecule has 3 aromatic rings. The molecule has 0 spiro atoms. The lowest BCUT2D eigenvalue weighted by molar-refractivity contribution is 0.0693. The maximum atomic E-state index is 14.4. The van der Waals surface area contributed by atoms with Crippen LogP contribution in [0.1, 0.15) is 10.4 Å². The van der Waals surface area contributed by atoms with Crippen LogP contribution in [-0.4, -0.2) is 42.7 Å². The summed E-state index contributed by atoms with van der Waals surface area (Å²) in [5.74, 6) is -2.23. The third kappa shape index (κ3) is 3.18. The number of carboxylic acids is 1. The largest absolute Gasteiger partial charge is 0.494 e. The maximum Gasteiger partial charge on any atom is 0.341 e. The van der Waals surface area contributed by atoms with Gasteiger partial charge in [-0.2, -0.15) is 0 Å². The van der Waals surface area contributed by atoms with Gasteiger partial charge in [-0.25, -0.2) is 26.6 Å². The summed E-state index contributed by atoms with van der Waals surface area (Å²) in [4.78, 5) is 15.2. The third-order valence-electron chi connectivity index (χ3n) is 3.97. The van der Waals surface area contributed by atoms with E-state index < -0.39 is 27.4 Å². The molecule has 0 unspecified atom stereocenters. The number of carboxylic acid groups (broad SMARTS) is 1. The van der Waals surface area contributed by atoms with Gasteiger partial charge in [0, 0.05) is 17.8 Å². The van der Waals surface area contributed by atoms with Crippen LogP contribution >= 0.6 is 0 Å². The van der Waals surface area contributed by atoms with Gasteiger partial charge in [-0.15, -0.1) is 0 Å². The number of halogens is 1. The first-order valence-electron chi connectivity index (χ1n) is 7.84. The minimum absolute atomic E-state index is 0.128. The van der Waals surface area contributed by atoms with Crippen molar-refractivity contribution < 1.29 is 32.2 Å². The van der Waals surface area contributed by atoms with Crippen LogP contribution in [0.5, 0.6) is 11.6 Å². The molecule has 8 nitrogen and oxygen atoms in total. The summed E-state index contributed by atoms with van der Waals surface area (Å²) in [6.45, 7) is 0. The van der Waals surface area contributed by atoms with Gasteiger partial charge in [-0.1, -0.05) is 12.1 Å². The molecule has 1 N–H and O–H groups in total. The van der Waals surface area contributed by atoms with E-state index in [0.717, 1.165) is 18.5 Å². The summed E-state index contributed by atoms with van der Waals surface area (Å²) in [5.41, 5.74) is -0.795. The highest BCUT2D eigenvalue weighted by atomic mass is 32.2. The van der Waals surface area contributed by atoms with Crippen molar-refractivity contribution in [2.75, 3.05) is 14.2 Å². The topological polar surface area (TPSA) is 108 Å². The Morgan fingerprint density at radius 3 is 2.39 bits per heavy atom. The Balaban J connectivity index is 2.33. The normalized spacial score (nSPS) is 11.2. The number of aromatic nitrogens is 2. The fraction of sp³-hybridized carbons (Fsp3) is 0.111. The summed E-state index contributed by atoms with van der Waals surface area (Å²) in [5, 5.41) is 9.44. The van der Waals surface area contributed by atoms with E-state index in [0.29, 0.717) is 3.97 Å². The number of hydrogen-bond acceptors (Lipinski definition) is 6. The monoisotopic (exact) mass is 406 g/mol. The number of aromatic carboxylic acids is 1. The molecule has 0 bridgehead atoms. The standard InChI is InChI=1S/C18H15FN2O6S/c1-26-15-8-7-11(9-20-15)28(24,25)21-10-13(18(22)23)17(27-2)16(21)12-5-3-4-6-14(12)19/h3-10H,1-2H3,(H,22,23). The summed E-state index contributed by atoms with van der Waals surface area (Å²) < 4.78 is 51.5. The van der Waals surface area contributed by atoms with E-state index in [9.17, 15) is 22.7 Å². The van der Waals surface area contributed by atoms with Gasteiger partial charge in [0.2, 0.25) is 5.88 Å². The fourth-order valence-corrected chi connectivity index (χ4v) is 3.98. The predicted octanol–water partition coefficient (Wildman–Crippen LogP) is 2.64. The van der Waals surface area contributed by atoms with Crippen molar-refractivity contribution in [3.05, 3.63) is 60.2 Å². The Morgan fingerprint density at radius 1 is 1.14 bits per heavy atom. The van der Waals surface area contributed by atoms with E-state index in [-0.39, 0.29) is 27.8 Å². The van der Waals surface area contributed by atoms with Crippen molar-refractivity contribution in [3.8, 4) is 22.9 Å². The second kappa shape index (κ2) is 7.31. The molecule has 0 fully saturated rings. The Bertz CT molecular complexity index is 1140. The zero-order valence-electron chi connectivity index (χ0n) is 14.8. The predicted molar refractivity (Wildman–Crippen MR) is 96.7 cm³/mol. The van der Waals surface area contributed by atoms with Gasteiger partial charge in [-0.05, 0) is 18.2 Å². The van der Waals surface area contributed by atoms with E-state index in [4.69, 9.17) is 9.47 Å². The third-order valence-corrected chi connectivity index (χ3v) is 5.61. The molecule has 0 atom stereocenters. The van der Waals surface area contributed by atoms with Gasteiger partial charge in [0.1, 0.15) is 22.0 Å². The van der Waals surface area contributed by atoms with Gasteiger partial charge in [-0.3, -0.25) is 0 Å². The molecule has 0 amide bonds. The first-order chi connectivity index (χ1) is 13.3. The number of carbonyl (C=O) groups is 1. The smallest absolute Gasteiger partial charge is 0.341 e. The van der Waals surface area contributed by atoms with E-state index in [1.54, 1.807) is 0 Å². The molecule has 0 aliphatic rings. The number of pyridine rings is 1. The van der Waals surface area contributed by atoms with Gasteiger partial charge in [0.15, 0.2) is 5.75 Å². The first kappa shape index (κ1) is 19.4. The molecule has 10 heteroatoms. The lowest BCUT2D eigenvalue weighted by Crippen LogP contribution is -2.14. The SMILES string of the molecule is COc1ccc(S(=O)(=O)n2cc(C(=O)O)c(OC)c2-c2ccccc2F)cn1. The van der Waals surface area contributed by atoms with Crippen LogP contribution in [0.25, 0.3) is 11.3 Å². The Hall–Kier alpha value is -3.40. The fourth-order valence-electron chi connectivity index (χ4n) is 2.66. The van der Waals surface area contributed by atoms with Crippen molar-refractivity contribution in [1.29, 1.82) is 0 Å². The number of rotatable bonds is 6. The van der Waals surface area contributed by atoms with Gasteiger partial charge in [0.25, 0.3) is 10.0 Å². The van der Waals surface area contributed by atoms with Gasteiger partial charge in [0.05, 0.1) is 20.4 Å². The van der Waals surface area contributed by atoms with Gasteiger partial charge < -0.3 is 14.6 Å². The van der Waals surface area contributed by atoms with Crippen LogP contribution < -0.4 is 9.47 Å². The lowest BCUT2D eigenvalue weighted by atomic mass is 10.1. The molecule has 1 aromatic carbocycles. The van der Waals surface area contributed by atoms with Crippen LogP contribution in [0.4, 0.5) is 4.39 Å². The summed E-state index contributed by atoms with van der Waals surface area (Å²) in [6, 6.07) is 7.98. The van der Waals surface area contributed by atoms with Crippen molar-refractivity contribution in [1.82, 2.24) is 8.96 Å². The van der Waals surface area contributed by atoms with Crippen LogP contribution in [0.15, 0.2) is 53.7 Å². The molecule has 0 aliphatic carbocycles. The van der Waals surface area contributed by atoms with E-state index in [1.165, 1.54) is 44.6 Å². The molecular formula is C18H15FN2O6S. The van der Waals surface area contributed by atoms with Crippen molar-refractivity contribution in [3.63, 3.8) is 0 Å². The minimum atomic E-state index is -4.32. The Kier molecular flexibility index (Phi) is 5.06. The van der Waals surface area contributed by atoms with Crippen molar-refractivity contribution >= 4 is 16.0 Å². The van der Waals surface area contributed by atoms with Gasteiger partial charge >= 0.3 is 5.97 Å². The molecule has 146 valence electrons. The lowest BCUT2D eigenvalue weighted by Gasteiger charge is -2.12. The molecule has 0 aliphatic heterocycles. The molecule has 2 heterocycles. The van der Waals surface area contributed by atoms with E-state index in [2.05, 4.69) is 4.98 Å². The highest BCUT2D eigenvalue weighted by Gasteiger charge is 2.31. The summed E-state index contributed by atoms with van der Waals surface area (Å²) in [7, 11) is -1.76. The number of ether oxygens (including phenoxy) is 2. The maximum absolute atomic E-state index is 14.4. The minimum Gasteiger partial charge on any atom is -0.494 e. The molecule has 0 saturated heterocycles. The number of benzene rings is 1. The number of nitrogens with zero attached hydrogens (tertiary/aromatic N) is 2. The average Bonchev–Trinajstić information content (AvgIpc) is 3.09. The second-order valence-corrected chi connectivity index (χ2v) is 7.36. The van der Waals surface area contributed by atoms with E-state index in [1.807, 2.05) is 0 Å². The first-order valence-corrected chi connectivity index (χ1v) is 9.28. The summed E-state index contributed by atoms with van der Waals surface area (Å²) >= 11 is 0. The molecule has 3 rings (SSSR count). The van der Waals surface area contributed by atoms with Crippen LogP contribution in [0, 0.1) is 5.82 Å². The molecule has 2 aromatic heterocycles. The highest BCUT2D eigenvalue weighted by molar-refractivity contribution is 7.90. The van der Waals surface area contributed by atoms with E-state index >= 15 is 0 Å². The Morgan fingerprint density at radius 2 is 1.86 bits per heavy atom. The van der Waals surface area contributed by atoms with Crippen LogP contribution in [0.2, 0.25) is 0 Å². The summed E-state index contributed by atoms with van der Waals surface area (Å²) in [6.07, 6.45) is 1.94. The highest BCUT2D eigenvalue weighted by Crippen LogP contribution is 2.38. The molecular weight excluding hydrogens is 391 g/mol. The average molecular weight is 406 g/mol. The zero-order valence-corrected chi connectivity index (χ0v) is 15.6. The molecule has 28 heavy (non-hydrogen) atoms. The van der Waals surface area contributed by atoms with Crippen molar-refractivity contribution in [2.45, 2.75) is 4.90 Å².